The summed E-state index contributed by atoms with van der Waals surface area (Å²) in [5.41, 5.74) is 2.69. The quantitative estimate of drug-likeness (QED) is 0.138. The Morgan fingerprint density at radius 2 is 1.57 bits per heavy atom. The first-order valence-corrected chi connectivity index (χ1v) is 17.3. The third kappa shape index (κ3) is 12.4. The van der Waals surface area contributed by atoms with Crippen molar-refractivity contribution < 1.29 is 27.7 Å². The molecule has 0 aromatic heterocycles. The normalized spacial score (nSPS) is 20.5. The third-order valence-corrected chi connectivity index (χ3v) is 9.50. The Labute approximate surface area is 246 Å². The highest BCUT2D eigenvalue weighted by atomic mass is 31.2. The molecule has 0 saturated heterocycles. The van der Waals surface area contributed by atoms with Gasteiger partial charge in [-0.05, 0) is 81.4 Å². The van der Waals surface area contributed by atoms with Crippen LogP contribution in [-0.2, 0) is 15.5 Å². The van der Waals surface area contributed by atoms with Crippen LogP contribution in [0.25, 0.3) is 0 Å². The second-order valence-electron chi connectivity index (χ2n) is 14.4. The van der Waals surface area contributed by atoms with Crippen molar-refractivity contribution in [3.05, 3.63) is 22.8 Å². The molecule has 4 atom stereocenters. The van der Waals surface area contributed by atoms with Gasteiger partial charge in [-0.15, -0.1) is 0 Å². The number of rotatable bonds is 18. The van der Waals surface area contributed by atoms with E-state index in [1.807, 2.05) is 41.1 Å². The van der Waals surface area contributed by atoms with E-state index in [9.17, 15) is 9.46 Å². The Hall–Kier alpha value is -1.07. The molecule has 0 bridgehead atoms. The van der Waals surface area contributed by atoms with Gasteiger partial charge >= 0.3 is 7.82 Å². The first kappa shape index (κ1) is 35.1. The lowest BCUT2D eigenvalue weighted by Crippen LogP contribution is -2.37. The predicted molar refractivity (Wildman–Crippen MR) is 167 cm³/mol. The summed E-state index contributed by atoms with van der Waals surface area (Å²) in [6, 6.07) is 1.82. The van der Waals surface area contributed by atoms with Crippen LogP contribution in [0.4, 0.5) is 0 Å². The molecule has 0 fully saturated rings. The molecule has 7 heteroatoms. The molecule has 1 aromatic carbocycles. The lowest BCUT2D eigenvalue weighted by Gasteiger charge is -2.38. The van der Waals surface area contributed by atoms with Crippen LogP contribution in [0.5, 0.6) is 11.5 Å². The fourth-order valence-corrected chi connectivity index (χ4v) is 6.51. The first-order valence-electron chi connectivity index (χ1n) is 15.8. The van der Waals surface area contributed by atoms with Crippen LogP contribution in [0.1, 0.15) is 116 Å². The van der Waals surface area contributed by atoms with Crippen molar-refractivity contribution >= 4 is 7.82 Å². The highest BCUT2D eigenvalue weighted by Crippen LogP contribution is 2.49. The molecule has 0 saturated carbocycles. The van der Waals surface area contributed by atoms with Crippen LogP contribution >= 0.6 is 7.82 Å². The van der Waals surface area contributed by atoms with Crippen molar-refractivity contribution in [3.8, 4) is 11.5 Å². The second kappa shape index (κ2) is 15.4. The number of hydrogen-bond donors (Lipinski definition) is 1. The molecule has 0 radical (unpaired) electrons. The van der Waals surface area contributed by atoms with E-state index in [1.54, 1.807) is 0 Å². The number of phosphoric acid groups is 1. The smallest absolute Gasteiger partial charge is 0.487 e. The van der Waals surface area contributed by atoms with Gasteiger partial charge in [-0.3, -0.25) is 9.42 Å². The summed E-state index contributed by atoms with van der Waals surface area (Å²) < 4.78 is 30.7. The van der Waals surface area contributed by atoms with Gasteiger partial charge in [-0.25, -0.2) is 4.57 Å². The maximum absolute atomic E-state index is 12.6. The predicted octanol–water partition coefficient (Wildman–Crippen LogP) is 9.03. The van der Waals surface area contributed by atoms with Crippen LogP contribution in [0.15, 0.2) is 6.07 Å². The number of aryl methyl sites for hydroxylation is 1. The molecule has 1 aromatic rings. The van der Waals surface area contributed by atoms with Gasteiger partial charge < -0.3 is 13.7 Å². The Morgan fingerprint density at radius 1 is 1.00 bits per heavy atom. The van der Waals surface area contributed by atoms with E-state index in [4.69, 9.17) is 13.8 Å². The van der Waals surface area contributed by atoms with Crippen LogP contribution in [0.3, 0.4) is 0 Å². The highest BCUT2D eigenvalue weighted by Gasteiger charge is 2.35. The third-order valence-electron chi connectivity index (χ3n) is 8.56. The van der Waals surface area contributed by atoms with Gasteiger partial charge in [-0.2, -0.15) is 0 Å². The largest absolute Gasteiger partial charge is 0.527 e. The molecule has 0 spiro atoms. The highest BCUT2D eigenvalue weighted by molar-refractivity contribution is 7.47. The summed E-state index contributed by atoms with van der Waals surface area (Å²) in [5.74, 6) is 3.75. The zero-order chi connectivity index (χ0) is 30.1. The van der Waals surface area contributed by atoms with Crippen LogP contribution in [-0.4, -0.2) is 49.3 Å². The number of benzene rings is 1. The fourth-order valence-electron chi connectivity index (χ4n) is 5.71. The number of ether oxygens (including phenoxy) is 1. The summed E-state index contributed by atoms with van der Waals surface area (Å²) in [6.07, 6.45) is 13.4. The van der Waals surface area contributed by atoms with E-state index in [-0.39, 0.29) is 12.2 Å². The minimum atomic E-state index is -4.21. The molecule has 4 unspecified atom stereocenters. The number of nitrogens with zero attached hydrogens (tertiary/aromatic N) is 1. The molecular formula is C33H61NO5P+. The lowest BCUT2D eigenvalue weighted by molar-refractivity contribution is -0.870. The Bertz CT molecular complexity index is 973. The van der Waals surface area contributed by atoms with Crippen molar-refractivity contribution in [1.82, 2.24) is 0 Å². The maximum atomic E-state index is 12.6. The Kier molecular flexibility index (Phi) is 13.5. The number of phosphoric ester groups is 1. The molecule has 1 heterocycles. The van der Waals surface area contributed by atoms with Crippen LogP contribution in [0.2, 0.25) is 0 Å². The molecule has 0 aliphatic carbocycles. The summed E-state index contributed by atoms with van der Waals surface area (Å²) in [4.78, 5) is 10.3. The van der Waals surface area contributed by atoms with Gasteiger partial charge in [0.1, 0.15) is 30.3 Å². The van der Waals surface area contributed by atoms with E-state index in [0.717, 1.165) is 59.5 Å². The second-order valence-corrected chi connectivity index (χ2v) is 15.8. The average Bonchev–Trinajstić information content (AvgIpc) is 2.81. The Morgan fingerprint density at radius 3 is 2.15 bits per heavy atom. The summed E-state index contributed by atoms with van der Waals surface area (Å²) in [5, 5.41) is 0. The van der Waals surface area contributed by atoms with Crippen molar-refractivity contribution in [1.29, 1.82) is 0 Å². The number of likely N-dealkylation sites (N-methyl/N-ethyl adjacent to an activating group) is 1. The lowest BCUT2D eigenvalue weighted by atomic mass is 9.84. The van der Waals surface area contributed by atoms with Gasteiger partial charge in [0.25, 0.3) is 0 Å². The summed E-state index contributed by atoms with van der Waals surface area (Å²) >= 11 is 0. The minimum Gasteiger partial charge on any atom is -0.487 e. The Balaban J connectivity index is 1.85. The summed E-state index contributed by atoms with van der Waals surface area (Å²) in [7, 11) is 1.82. The van der Waals surface area contributed by atoms with Crippen molar-refractivity contribution in [2.45, 2.75) is 125 Å². The molecule has 2 rings (SSSR count). The monoisotopic (exact) mass is 582 g/mol. The van der Waals surface area contributed by atoms with Crippen molar-refractivity contribution in [2.75, 3.05) is 34.3 Å². The fraction of sp³-hybridized carbons (Fsp3) is 0.818. The molecular weight excluding hydrogens is 521 g/mol. The zero-order valence-corrected chi connectivity index (χ0v) is 28.4. The zero-order valence-electron chi connectivity index (χ0n) is 27.5. The molecule has 40 heavy (non-hydrogen) atoms. The van der Waals surface area contributed by atoms with Crippen LogP contribution in [0, 0.1) is 31.6 Å². The molecule has 1 aliphatic heterocycles. The molecule has 0 amide bonds. The number of quaternary nitrogens is 1. The average molecular weight is 583 g/mol. The SMILES string of the molecule is Cc1cc(OP(=O)(O)OCC[N+](C)(C)C)c(C)c2c1OC(C)(CCCC(C)CCCC(C)CCCC(C)C)CC2. The van der Waals surface area contributed by atoms with Gasteiger partial charge in [-0.1, -0.05) is 72.6 Å². The van der Waals surface area contributed by atoms with E-state index < -0.39 is 7.82 Å². The van der Waals surface area contributed by atoms with E-state index in [2.05, 4.69) is 34.6 Å². The number of hydrogen-bond acceptors (Lipinski definition) is 4. The topological polar surface area (TPSA) is 65.0 Å². The molecule has 1 aliphatic rings. The molecule has 232 valence electrons. The van der Waals surface area contributed by atoms with Gasteiger partial charge in [0, 0.05) is 5.56 Å². The van der Waals surface area contributed by atoms with E-state index in [0.29, 0.717) is 16.8 Å². The van der Waals surface area contributed by atoms with E-state index in [1.165, 1.54) is 51.4 Å². The minimum absolute atomic E-state index is 0.151. The maximum Gasteiger partial charge on any atom is 0.527 e. The molecule has 1 N–H and O–H groups in total. The summed E-state index contributed by atoms with van der Waals surface area (Å²) in [6.45, 7) is 16.4. The van der Waals surface area contributed by atoms with Crippen molar-refractivity contribution in [2.24, 2.45) is 17.8 Å². The molecule has 6 nitrogen and oxygen atoms in total. The van der Waals surface area contributed by atoms with Crippen molar-refractivity contribution in [3.63, 3.8) is 0 Å². The van der Waals surface area contributed by atoms with E-state index >= 15 is 0 Å². The van der Waals surface area contributed by atoms with Gasteiger partial charge in [0.2, 0.25) is 0 Å². The standard InChI is InChI=1S/C33H60NO5P/c1-25(2)14-11-15-26(3)16-12-17-27(4)18-13-20-33(7)21-19-30-29(6)31(24-28(5)32(30)38-33)39-40(35,36)37-23-22-34(8,9)10/h24-27H,11-23H2,1-10H3/p+1. The van der Waals surface area contributed by atoms with Gasteiger partial charge in [0.15, 0.2) is 0 Å². The number of fused-ring (bicyclic) bond motifs is 1. The van der Waals surface area contributed by atoms with Gasteiger partial charge in [0.05, 0.1) is 21.1 Å². The van der Waals surface area contributed by atoms with Crippen LogP contribution < -0.4 is 9.26 Å². The first-order chi connectivity index (χ1) is 18.5.